The zero-order chi connectivity index (χ0) is 25.5. The van der Waals surface area contributed by atoms with Gasteiger partial charge in [0.1, 0.15) is 16.5 Å². The van der Waals surface area contributed by atoms with Crippen LogP contribution >= 0.6 is 23.2 Å². The van der Waals surface area contributed by atoms with E-state index in [1.807, 2.05) is 36.4 Å². The van der Waals surface area contributed by atoms with Crippen molar-refractivity contribution in [2.75, 3.05) is 38.3 Å². The molecule has 1 amide bonds. The molecule has 0 spiro atoms. The maximum atomic E-state index is 12.9. The van der Waals surface area contributed by atoms with E-state index in [0.717, 1.165) is 41.9 Å². The molecule has 2 aromatic carbocycles. The Morgan fingerprint density at radius 1 is 1.08 bits per heavy atom. The van der Waals surface area contributed by atoms with Crippen LogP contribution in [0.2, 0.25) is 10.0 Å². The fourth-order valence-corrected chi connectivity index (χ4v) is 4.60. The molecule has 0 aliphatic carbocycles. The molecule has 36 heavy (non-hydrogen) atoms. The number of pyridine rings is 1. The highest BCUT2D eigenvalue weighted by atomic mass is 35.5. The van der Waals surface area contributed by atoms with E-state index in [0.29, 0.717) is 52.6 Å². The summed E-state index contributed by atoms with van der Waals surface area (Å²) >= 11 is 12.4. The summed E-state index contributed by atoms with van der Waals surface area (Å²) in [5.41, 5.74) is 2.57. The lowest BCUT2D eigenvalue weighted by Gasteiger charge is -2.33. The third-order valence-electron chi connectivity index (χ3n) is 6.36. The van der Waals surface area contributed by atoms with Crippen molar-refractivity contribution >= 4 is 34.8 Å². The first-order valence-corrected chi connectivity index (χ1v) is 12.7. The number of benzene rings is 2. The number of aromatic nitrogens is 1. The molecule has 0 radical (unpaired) electrons. The second-order valence-corrected chi connectivity index (χ2v) is 9.59. The van der Waals surface area contributed by atoms with Gasteiger partial charge in [0.25, 0.3) is 5.91 Å². The first kappa shape index (κ1) is 25.9. The Labute approximate surface area is 221 Å². The number of amides is 1. The standard InChI is InChI=1S/C27H29Cl2N3O4/c1-35-24-16-21(17-25(26(24)29)36-15-10-19-2-4-22(28)5-3-19)27(33)30-18-20-6-11-31(12-7-20)23-8-13-32(34)14-9-23/h2-5,8-9,13-14,16-17,20H,6-7,10-12,15,18H2,1H3,(H,30,33). The maximum absolute atomic E-state index is 12.9. The van der Waals surface area contributed by atoms with E-state index in [-0.39, 0.29) is 5.91 Å². The molecule has 0 saturated carbocycles. The molecule has 7 nitrogen and oxygen atoms in total. The van der Waals surface area contributed by atoms with Gasteiger partial charge in [0.05, 0.1) is 13.7 Å². The molecule has 1 aliphatic rings. The van der Waals surface area contributed by atoms with Gasteiger partial charge >= 0.3 is 0 Å². The average Bonchev–Trinajstić information content (AvgIpc) is 2.90. The van der Waals surface area contributed by atoms with E-state index in [4.69, 9.17) is 32.7 Å². The topological polar surface area (TPSA) is 77.7 Å². The number of carbonyl (C=O) groups is 1. The number of rotatable bonds is 9. The second-order valence-electron chi connectivity index (χ2n) is 8.77. The Kier molecular flexibility index (Phi) is 8.78. The minimum absolute atomic E-state index is 0.196. The van der Waals surface area contributed by atoms with Crippen LogP contribution in [0.25, 0.3) is 0 Å². The molecule has 1 fully saturated rings. The molecule has 4 rings (SSSR count). The Balaban J connectivity index is 1.31. The zero-order valence-electron chi connectivity index (χ0n) is 20.1. The molecular formula is C27H29Cl2N3O4. The molecule has 1 N–H and O–H groups in total. The van der Waals surface area contributed by atoms with E-state index in [1.54, 1.807) is 12.1 Å². The lowest BCUT2D eigenvalue weighted by molar-refractivity contribution is -0.605. The zero-order valence-corrected chi connectivity index (χ0v) is 21.6. The number of carbonyl (C=O) groups excluding carboxylic acids is 1. The van der Waals surface area contributed by atoms with Crippen LogP contribution in [-0.2, 0) is 6.42 Å². The van der Waals surface area contributed by atoms with Crippen molar-refractivity contribution in [2.24, 2.45) is 5.92 Å². The van der Waals surface area contributed by atoms with Crippen molar-refractivity contribution in [2.45, 2.75) is 19.3 Å². The second kappa shape index (κ2) is 12.2. The van der Waals surface area contributed by atoms with Gasteiger partial charge in [0.2, 0.25) is 0 Å². The Morgan fingerprint density at radius 3 is 2.42 bits per heavy atom. The molecule has 3 aromatic rings. The van der Waals surface area contributed by atoms with Gasteiger partial charge in [-0.3, -0.25) is 4.79 Å². The van der Waals surface area contributed by atoms with Crippen molar-refractivity contribution in [1.82, 2.24) is 5.32 Å². The van der Waals surface area contributed by atoms with Crippen molar-refractivity contribution in [3.63, 3.8) is 0 Å². The Bertz CT molecular complexity index is 1160. The van der Waals surface area contributed by atoms with Crippen molar-refractivity contribution in [1.29, 1.82) is 0 Å². The lowest BCUT2D eigenvalue weighted by atomic mass is 9.96. The summed E-state index contributed by atoms with van der Waals surface area (Å²) in [7, 11) is 1.51. The van der Waals surface area contributed by atoms with Crippen LogP contribution in [-0.4, -0.2) is 39.3 Å². The number of nitrogens with one attached hydrogen (secondary N) is 1. The number of piperidine rings is 1. The van der Waals surface area contributed by atoms with Crippen molar-refractivity contribution in [3.05, 3.63) is 87.3 Å². The number of methoxy groups -OCH3 is 1. The molecular weight excluding hydrogens is 501 g/mol. The smallest absolute Gasteiger partial charge is 0.251 e. The highest BCUT2D eigenvalue weighted by Crippen LogP contribution is 2.35. The molecule has 2 heterocycles. The maximum Gasteiger partial charge on any atom is 0.251 e. The summed E-state index contributed by atoms with van der Waals surface area (Å²) in [6.45, 7) is 2.73. The van der Waals surface area contributed by atoms with E-state index in [2.05, 4.69) is 10.2 Å². The quantitative estimate of drug-likeness (QED) is 0.315. The van der Waals surface area contributed by atoms with E-state index in [9.17, 15) is 10.0 Å². The third-order valence-corrected chi connectivity index (χ3v) is 6.99. The monoisotopic (exact) mass is 529 g/mol. The van der Waals surface area contributed by atoms with Gasteiger partial charge in [-0.1, -0.05) is 35.3 Å². The molecule has 0 bridgehead atoms. The minimum atomic E-state index is -0.196. The van der Waals surface area contributed by atoms with Crippen LogP contribution in [0.1, 0.15) is 28.8 Å². The van der Waals surface area contributed by atoms with Gasteiger partial charge in [-0.05, 0) is 48.6 Å². The van der Waals surface area contributed by atoms with Crippen LogP contribution in [0, 0.1) is 11.1 Å². The van der Waals surface area contributed by atoms with E-state index < -0.39 is 0 Å². The van der Waals surface area contributed by atoms with Gasteiger partial charge in [-0.15, -0.1) is 0 Å². The third kappa shape index (κ3) is 6.74. The van der Waals surface area contributed by atoms with E-state index in [1.165, 1.54) is 19.5 Å². The lowest BCUT2D eigenvalue weighted by Crippen LogP contribution is -2.39. The summed E-state index contributed by atoms with van der Waals surface area (Å²) < 4.78 is 12.1. The van der Waals surface area contributed by atoms with Crippen molar-refractivity contribution < 1.29 is 19.0 Å². The van der Waals surface area contributed by atoms with Gasteiger partial charge < -0.3 is 24.9 Å². The van der Waals surface area contributed by atoms with Gasteiger partial charge in [0.15, 0.2) is 12.4 Å². The SMILES string of the molecule is COc1cc(C(=O)NCC2CCN(c3cc[n+]([O-])cc3)CC2)cc(OCCc2ccc(Cl)cc2)c1Cl. The molecule has 0 unspecified atom stereocenters. The molecule has 1 saturated heterocycles. The number of anilines is 1. The number of ether oxygens (including phenoxy) is 2. The highest BCUT2D eigenvalue weighted by molar-refractivity contribution is 6.33. The van der Waals surface area contributed by atoms with Crippen LogP contribution in [0.15, 0.2) is 60.9 Å². The summed E-state index contributed by atoms with van der Waals surface area (Å²) in [5, 5.41) is 15.3. The fraction of sp³-hybridized carbons (Fsp3) is 0.333. The van der Waals surface area contributed by atoms with Crippen LogP contribution in [0.4, 0.5) is 5.69 Å². The fourth-order valence-electron chi connectivity index (χ4n) is 4.24. The van der Waals surface area contributed by atoms with Gasteiger partial charge in [0, 0.05) is 54.5 Å². The van der Waals surface area contributed by atoms with E-state index >= 15 is 0 Å². The molecule has 1 aliphatic heterocycles. The number of hydrogen-bond donors (Lipinski definition) is 1. The minimum Gasteiger partial charge on any atom is -0.619 e. The highest BCUT2D eigenvalue weighted by Gasteiger charge is 2.21. The summed E-state index contributed by atoms with van der Waals surface area (Å²) in [4.78, 5) is 15.2. The van der Waals surface area contributed by atoms with Gasteiger partial charge in [-0.25, -0.2) is 0 Å². The molecule has 0 atom stereocenters. The Hall–Kier alpha value is -3.16. The number of hydrogen-bond acceptors (Lipinski definition) is 5. The summed E-state index contributed by atoms with van der Waals surface area (Å²) in [6.07, 6.45) is 5.60. The predicted octanol–water partition coefficient (Wildman–Crippen LogP) is 4.90. The average molecular weight is 530 g/mol. The predicted molar refractivity (Wildman–Crippen MR) is 141 cm³/mol. The normalized spacial score (nSPS) is 13.9. The molecule has 9 heteroatoms. The number of halogens is 2. The first-order valence-electron chi connectivity index (χ1n) is 11.9. The van der Waals surface area contributed by atoms with Crippen LogP contribution in [0.5, 0.6) is 11.5 Å². The molecule has 1 aromatic heterocycles. The van der Waals surface area contributed by atoms with Crippen LogP contribution < -0.4 is 24.4 Å². The molecule has 190 valence electrons. The van der Waals surface area contributed by atoms with Gasteiger partial charge in [-0.2, -0.15) is 4.73 Å². The largest absolute Gasteiger partial charge is 0.619 e. The van der Waals surface area contributed by atoms with Crippen molar-refractivity contribution in [3.8, 4) is 11.5 Å². The first-order chi connectivity index (χ1) is 17.4. The van der Waals surface area contributed by atoms with Crippen LogP contribution in [0.3, 0.4) is 0 Å². The summed E-state index contributed by atoms with van der Waals surface area (Å²) in [5.74, 6) is 0.979. The summed E-state index contributed by atoms with van der Waals surface area (Å²) in [6, 6.07) is 14.5. The Morgan fingerprint density at radius 2 is 1.75 bits per heavy atom. The number of nitrogens with zero attached hydrogens (tertiary/aromatic N) is 2.